The number of hydrogen-bond donors (Lipinski definition) is 1. The van der Waals surface area contributed by atoms with E-state index in [1.807, 2.05) is 24.4 Å². The maximum atomic E-state index is 4.55. The van der Waals surface area contributed by atoms with Gasteiger partial charge >= 0.3 is 0 Å². The molecule has 4 nitrogen and oxygen atoms in total. The molecule has 0 bridgehead atoms. The third-order valence-corrected chi connectivity index (χ3v) is 3.06. The van der Waals surface area contributed by atoms with Crippen LogP contribution >= 0.6 is 0 Å². The van der Waals surface area contributed by atoms with Crippen LogP contribution in [0.5, 0.6) is 0 Å². The molecule has 86 valence electrons. The molecule has 0 saturated carbocycles. The first-order valence-corrected chi connectivity index (χ1v) is 5.79. The lowest BCUT2D eigenvalue weighted by Gasteiger charge is -1.95. The van der Waals surface area contributed by atoms with E-state index < -0.39 is 0 Å². The summed E-state index contributed by atoms with van der Waals surface area (Å²) in [6.07, 6.45) is 3.61. The molecule has 4 aromatic rings. The summed E-state index contributed by atoms with van der Waals surface area (Å²) in [5.74, 6) is 0.741. The molecule has 2 aromatic heterocycles. The van der Waals surface area contributed by atoms with Crippen molar-refractivity contribution < 1.29 is 0 Å². The zero-order valence-electron chi connectivity index (χ0n) is 9.54. The molecular weight excluding hydrogens is 224 g/mol. The largest absolute Gasteiger partial charge is 0.322 e. The number of imidazole rings is 1. The minimum absolute atomic E-state index is 0.741. The van der Waals surface area contributed by atoms with E-state index in [4.69, 9.17) is 0 Å². The SMILES string of the molecule is c1ccc2cc3[nH]c(-n4cccn4)nc3cc2c1. The van der Waals surface area contributed by atoms with Crippen LogP contribution in [-0.4, -0.2) is 19.7 Å². The van der Waals surface area contributed by atoms with Crippen LogP contribution in [0.15, 0.2) is 54.9 Å². The maximum Gasteiger partial charge on any atom is 0.229 e. The van der Waals surface area contributed by atoms with Gasteiger partial charge in [-0.2, -0.15) is 5.10 Å². The third kappa shape index (κ3) is 1.32. The second-order valence-electron chi connectivity index (χ2n) is 4.23. The second kappa shape index (κ2) is 3.43. The zero-order valence-corrected chi connectivity index (χ0v) is 9.54. The number of nitrogens with zero attached hydrogens (tertiary/aromatic N) is 3. The van der Waals surface area contributed by atoms with Gasteiger partial charge in [0.1, 0.15) is 0 Å². The Kier molecular flexibility index (Phi) is 1.80. The molecule has 2 heterocycles. The molecule has 4 rings (SSSR count). The number of aromatic amines is 1. The number of hydrogen-bond acceptors (Lipinski definition) is 2. The molecule has 2 aromatic carbocycles. The molecule has 0 fully saturated rings. The van der Waals surface area contributed by atoms with Gasteiger partial charge in [-0.15, -0.1) is 0 Å². The lowest BCUT2D eigenvalue weighted by molar-refractivity contribution is 0.829. The van der Waals surface area contributed by atoms with Crippen LogP contribution in [-0.2, 0) is 0 Å². The van der Waals surface area contributed by atoms with Crippen LogP contribution < -0.4 is 0 Å². The second-order valence-corrected chi connectivity index (χ2v) is 4.23. The monoisotopic (exact) mass is 234 g/mol. The minimum Gasteiger partial charge on any atom is -0.322 e. The Morgan fingerprint density at radius 1 is 1.00 bits per heavy atom. The first kappa shape index (κ1) is 9.41. The average Bonchev–Trinajstić information content (AvgIpc) is 3.04. The summed E-state index contributed by atoms with van der Waals surface area (Å²) in [6.45, 7) is 0. The molecule has 1 N–H and O–H groups in total. The van der Waals surface area contributed by atoms with E-state index in [1.54, 1.807) is 10.9 Å². The number of aromatic nitrogens is 4. The van der Waals surface area contributed by atoms with Crippen LogP contribution in [0.2, 0.25) is 0 Å². The predicted molar refractivity (Wildman–Crippen MR) is 70.7 cm³/mol. The Labute approximate surface area is 103 Å². The van der Waals surface area contributed by atoms with Gasteiger partial charge in [0.15, 0.2) is 0 Å². The van der Waals surface area contributed by atoms with Crippen molar-refractivity contribution in [2.75, 3.05) is 0 Å². The molecule has 0 unspecified atom stereocenters. The van der Waals surface area contributed by atoms with Crippen LogP contribution in [0, 0.1) is 0 Å². The van der Waals surface area contributed by atoms with Crippen LogP contribution in [0.25, 0.3) is 27.8 Å². The summed E-state index contributed by atoms with van der Waals surface area (Å²) in [7, 11) is 0. The third-order valence-electron chi connectivity index (χ3n) is 3.06. The van der Waals surface area contributed by atoms with Crippen LogP contribution in [0.1, 0.15) is 0 Å². The van der Waals surface area contributed by atoms with E-state index in [-0.39, 0.29) is 0 Å². The Hall–Kier alpha value is -2.62. The van der Waals surface area contributed by atoms with Gasteiger partial charge < -0.3 is 4.98 Å². The highest BCUT2D eigenvalue weighted by molar-refractivity contribution is 5.95. The Morgan fingerprint density at radius 2 is 1.83 bits per heavy atom. The molecule has 4 heteroatoms. The van der Waals surface area contributed by atoms with E-state index in [9.17, 15) is 0 Å². The molecule has 18 heavy (non-hydrogen) atoms. The molecule has 0 saturated heterocycles. The summed E-state index contributed by atoms with van der Waals surface area (Å²) >= 11 is 0. The van der Waals surface area contributed by atoms with E-state index in [2.05, 4.69) is 39.3 Å². The number of nitrogens with one attached hydrogen (secondary N) is 1. The fourth-order valence-electron chi connectivity index (χ4n) is 2.19. The van der Waals surface area contributed by atoms with Crippen molar-refractivity contribution in [1.82, 2.24) is 19.7 Å². The normalized spacial score (nSPS) is 11.3. The Balaban J connectivity index is 2.02. The number of fused-ring (bicyclic) bond motifs is 2. The highest BCUT2D eigenvalue weighted by Crippen LogP contribution is 2.21. The number of H-pyrrole nitrogens is 1. The summed E-state index contributed by atoms with van der Waals surface area (Å²) in [5, 5.41) is 6.58. The molecule has 0 aliphatic rings. The van der Waals surface area contributed by atoms with E-state index in [0.29, 0.717) is 0 Å². The van der Waals surface area contributed by atoms with Gasteiger partial charge in [0, 0.05) is 12.4 Å². The van der Waals surface area contributed by atoms with Crippen LogP contribution in [0.3, 0.4) is 0 Å². The summed E-state index contributed by atoms with van der Waals surface area (Å²) in [6, 6.07) is 14.4. The van der Waals surface area contributed by atoms with Gasteiger partial charge in [0.05, 0.1) is 11.0 Å². The fourth-order valence-corrected chi connectivity index (χ4v) is 2.19. The van der Waals surface area contributed by atoms with Gasteiger partial charge in [-0.3, -0.25) is 0 Å². The molecule has 0 aliphatic heterocycles. The lowest BCUT2D eigenvalue weighted by atomic mass is 10.1. The highest BCUT2D eigenvalue weighted by Gasteiger charge is 2.05. The maximum absolute atomic E-state index is 4.55. The van der Waals surface area contributed by atoms with Crippen molar-refractivity contribution in [3.05, 3.63) is 54.9 Å². The standard InChI is InChI=1S/C14H10N4/c1-2-5-11-9-13-12(8-10(11)4-1)16-14(17-13)18-7-3-6-15-18/h1-9H,(H,16,17). The molecular formula is C14H10N4. The molecule has 0 spiro atoms. The Bertz CT molecular complexity index is 775. The smallest absolute Gasteiger partial charge is 0.229 e. The summed E-state index contributed by atoms with van der Waals surface area (Å²) in [4.78, 5) is 7.83. The quantitative estimate of drug-likeness (QED) is 0.550. The summed E-state index contributed by atoms with van der Waals surface area (Å²) < 4.78 is 1.73. The number of rotatable bonds is 1. The van der Waals surface area contributed by atoms with Crippen molar-refractivity contribution in [1.29, 1.82) is 0 Å². The molecule has 0 aliphatic carbocycles. The first-order valence-electron chi connectivity index (χ1n) is 5.79. The van der Waals surface area contributed by atoms with Crippen molar-refractivity contribution in [3.8, 4) is 5.95 Å². The van der Waals surface area contributed by atoms with Crippen molar-refractivity contribution in [2.24, 2.45) is 0 Å². The van der Waals surface area contributed by atoms with Crippen LogP contribution in [0.4, 0.5) is 0 Å². The Morgan fingerprint density at radius 3 is 2.61 bits per heavy atom. The molecule has 0 amide bonds. The van der Waals surface area contributed by atoms with E-state index in [0.717, 1.165) is 17.0 Å². The molecule has 0 atom stereocenters. The van der Waals surface area contributed by atoms with Crippen molar-refractivity contribution in [2.45, 2.75) is 0 Å². The van der Waals surface area contributed by atoms with Gasteiger partial charge in [-0.05, 0) is 29.0 Å². The van der Waals surface area contributed by atoms with Gasteiger partial charge in [0.2, 0.25) is 5.95 Å². The average molecular weight is 234 g/mol. The zero-order chi connectivity index (χ0) is 11.9. The minimum atomic E-state index is 0.741. The van der Waals surface area contributed by atoms with Gasteiger partial charge in [0.25, 0.3) is 0 Å². The van der Waals surface area contributed by atoms with E-state index in [1.165, 1.54) is 10.8 Å². The fraction of sp³-hybridized carbons (Fsp3) is 0. The van der Waals surface area contributed by atoms with Crippen molar-refractivity contribution >= 4 is 21.8 Å². The first-order chi connectivity index (χ1) is 8.90. The lowest BCUT2D eigenvalue weighted by Crippen LogP contribution is -1.95. The van der Waals surface area contributed by atoms with Gasteiger partial charge in [-0.1, -0.05) is 24.3 Å². The summed E-state index contributed by atoms with van der Waals surface area (Å²) in [5.41, 5.74) is 1.98. The number of benzene rings is 2. The van der Waals surface area contributed by atoms with E-state index >= 15 is 0 Å². The van der Waals surface area contributed by atoms with Crippen molar-refractivity contribution in [3.63, 3.8) is 0 Å². The van der Waals surface area contributed by atoms with Gasteiger partial charge in [-0.25, -0.2) is 9.67 Å². The highest BCUT2D eigenvalue weighted by atomic mass is 15.3. The molecule has 0 radical (unpaired) electrons. The topological polar surface area (TPSA) is 46.5 Å². The predicted octanol–water partition coefficient (Wildman–Crippen LogP) is 2.90.